The van der Waals surface area contributed by atoms with Gasteiger partial charge in [0.15, 0.2) is 0 Å². The first kappa shape index (κ1) is 14.3. The van der Waals surface area contributed by atoms with Crippen LogP contribution in [0.4, 0.5) is 4.79 Å². The summed E-state index contributed by atoms with van der Waals surface area (Å²) in [6.07, 6.45) is 2.31. The van der Waals surface area contributed by atoms with Gasteiger partial charge in [-0.1, -0.05) is 13.8 Å². The van der Waals surface area contributed by atoms with Crippen molar-refractivity contribution >= 4 is 6.03 Å². The Morgan fingerprint density at radius 2 is 1.71 bits per heavy atom. The fraction of sp³-hybridized carbons (Fsp3) is 0.929. The second-order valence-corrected chi connectivity index (χ2v) is 6.58. The molecule has 0 aromatic heterocycles. The molecule has 0 unspecified atom stereocenters. The highest BCUT2D eigenvalue weighted by Gasteiger charge is 2.30. The molecule has 1 saturated heterocycles. The molecule has 0 aromatic rings. The topological polar surface area (TPSA) is 23.6 Å². The Morgan fingerprint density at radius 1 is 1.24 bits per heavy atom. The summed E-state index contributed by atoms with van der Waals surface area (Å²) in [6, 6.07) is 0.180. The van der Waals surface area contributed by atoms with Gasteiger partial charge in [-0.25, -0.2) is 4.79 Å². The maximum absolute atomic E-state index is 12.3. The van der Waals surface area contributed by atoms with E-state index in [9.17, 15) is 4.79 Å². The van der Waals surface area contributed by atoms with Gasteiger partial charge in [-0.15, -0.1) is 0 Å². The van der Waals surface area contributed by atoms with E-state index in [1.54, 1.807) is 0 Å². The van der Waals surface area contributed by atoms with Crippen LogP contribution in [0, 0.1) is 11.8 Å². The third-order valence-electron chi connectivity index (χ3n) is 4.05. The predicted octanol–water partition coefficient (Wildman–Crippen LogP) is 3.20. The molecule has 1 aliphatic heterocycles. The Bertz CT molecular complexity index is 260. The van der Waals surface area contributed by atoms with Crippen LogP contribution in [0.2, 0.25) is 0 Å². The molecule has 1 heterocycles. The number of hydrogen-bond donors (Lipinski definition) is 0. The smallest absolute Gasteiger partial charge is 0.320 e. The Kier molecular flexibility index (Phi) is 4.45. The molecule has 1 rings (SSSR count). The Balaban J connectivity index is 2.52. The van der Waals surface area contributed by atoms with Crippen LogP contribution in [-0.2, 0) is 0 Å². The molecule has 0 saturated carbocycles. The molecule has 100 valence electrons. The number of likely N-dealkylation sites (tertiary alicyclic amines) is 1. The van der Waals surface area contributed by atoms with E-state index in [0.717, 1.165) is 37.8 Å². The van der Waals surface area contributed by atoms with Gasteiger partial charge >= 0.3 is 6.03 Å². The summed E-state index contributed by atoms with van der Waals surface area (Å²) in [5, 5.41) is 0. The summed E-state index contributed by atoms with van der Waals surface area (Å²) in [5.74, 6) is 1.53. The van der Waals surface area contributed by atoms with Crippen molar-refractivity contribution in [3.63, 3.8) is 0 Å². The van der Waals surface area contributed by atoms with Gasteiger partial charge in [-0.05, 0) is 45.4 Å². The van der Waals surface area contributed by atoms with Crippen molar-refractivity contribution in [2.45, 2.75) is 53.0 Å². The normalized spacial score (nSPS) is 18.6. The largest absolute Gasteiger partial charge is 0.325 e. The minimum absolute atomic E-state index is 0.0913. The second-order valence-electron chi connectivity index (χ2n) is 6.58. The highest BCUT2D eigenvalue weighted by atomic mass is 16.2. The van der Waals surface area contributed by atoms with Crippen molar-refractivity contribution in [1.29, 1.82) is 0 Å². The van der Waals surface area contributed by atoms with Crippen LogP contribution in [0.3, 0.4) is 0 Å². The molecular weight excluding hydrogens is 212 g/mol. The maximum atomic E-state index is 12.3. The van der Waals surface area contributed by atoms with Gasteiger partial charge in [0.25, 0.3) is 0 Å². The van der Waals surface area contributed by atoms with Gasteiger partial charge in [0, 0.05) is 25.7 Å². The number of carbonyl (C=O) groups is 1. The highest BCUT2D eigenvalue weighted by Crippen LogP contribution is 2.25. The number of carbonyl (C=O) groups excluding carboxylic acids is 1. The van der Waals surface area contributed by atoms with E-state index in [0.29, 0.717) is 0 Å². The van der Waals surface area contributed by atoms with Gasteiger partial charge in [-0.3, -0.25) is 0 Å². The first-order valence-corrected chi connectivity index (χ1v) is 6.76. The minimum Gasteiger partial charge on any atom is -0.325 e. The summed E-state index contributed by atoms with van der Waals surface area (Å²) in [6.45, 7) is 12.6. The quantitative estimate of drug-likeness (QED) is 0.690. The third-order valence-corrected chi connectivity index (χ3v) is 4.05. The van der Waals surface area contributed by atoms with E-state index in [4.69, 9.17) is 0 Å². The van der Waals surface area contributed by atoms with Crippen LogP contribution in [-0.4, -0.2) is 41.5 Å². The number of hydrogen-bond acceptors (Lipinski definition) is 1. The molecule has 2 amide bonds. The standard InChI is InChI=1S/C14H28N2O/c1-11(2)12-7-9-16(10-8-12)13(17)15(6)14(3,4)5/h11-12H,7-10H2,1-6H3. The van der Waals surface area contributed by atoms with E-state index < -0.39 is 0 Å². The second kappa shape index (κ2) is 5.28. The lowest BCUT2D eigenvalue weighted by Gasteiger charge is -2.40. The van der Waals surface area contributed by atoms with Gasteiger partial charge in [0.05, 0.1) is 0 Å². The summed E-state index contributed by atoms with van der Waals surface area (Å²) in [5.41, 5.74) is -0.0913. The maximum Gasteiger partial charge on any atom is 0.320 e. The van der Waals surface area contributed by atoms with Gasteiger partial charge in [0.2, 0.25) is 0 Å². The minimum atomic E-state index is -0.0913. The van der Waals surface area contributed by atoms with E-state index in [1.165, 1.54) is 0 Å². The average Bonchev–Trinajstić information content (AvgIpc) is 2.26. The van der Waals surface area contributed by atoms with E-state index in [-0.39, 0.29) is 11.6 Å². The van der Waals surface area contributed by atoms with Crippen molar-refractivity contribution in [2.24, 2.45) is 11.8 Å². The Hall–Kier alpha value is -0.730. The average molecular weight is 240 g/mol. The van der Waals surface area contributed by atoms with Crippen LogP contribution in [0.1, 0.15) is 47.5 Å². The molecule has 0 spiro atoms. The monoisotopic (exact) mass is 240 g/mol. The SMILES string of the molecule is CC(C)C1CCN(C(=O)N(C)C(C)(C)C)CC1. The van der Waals surface area contributed by atoms with Crippen molar-refractivity contribution in [2.75, 3.05) is 20.1 Å². The van der Waals surface area contributed by atoms with Gasteiger partial charge < -0.3 is 9.80 Å². The van der Waals surface area contributed by atoms with Crippen molar-refractivity contribution in [3.8, 4) is 0 Å². The number of nitrogens with zero attached hydrogens (tertiary/aromatic N) is 2. The summed E-state index contributed by atoms with van der Waals surface area (Å²) >= 11 is 0. The van der Waals surface area contributed by atoms with Crippen LogP contribution in [0.5, 0.6) is 0 Å². The zero-order valence-electron chi connectivity index (χ0n) is 12.3. The summed E-state index contributed by atoms with van der Waals surface area (Å²) in [7, 11) is 1.90. The lowest BCUT2D eigenvalue weighted by atomic mass is 9.87. The number of rotatable bonds is 1. The van der Waals surface area contributed by atoms with E-state index >= 15 is 0 Å². The molecule has 3 nitrogen and oxygen atoms in total. The molecule has 0 aromatic carbocycles. The molecule has 0 radical (unpaired) electrons. The Labute approximate surface area is 106 Å². The van der Waals surface area contributed by atoms with Crippen LogP contribution in [0.15, 0.2) is 0 Å². The molecule has 0 bridgehead atoms. The zero-order chi connectivity index (χ0) is 13.2. The van der Waals surface area contributed by atoms with Gasteiger partial charge in [-0.2, -0.15) is 0 Å². The predicted molar refractivity (Wildman–Crippen MR) is 72.0 cm³/mol. The molecule has 0 atom stereocenters. The molecule has 3 heteroatoms. The van der Waals surface area contributed by atoms with Crippen molar-refractivity contribution in [3.05, 3.63) is 0 Å². The number of amides is 2. The fourth-order valence-corrected chi connectivity index (χ4v) is 2.26. The third kappa shape index (κ3) is 3.62. The van der Waals surface area contributed by atoms with Crippen molar-refractivity contribution < 1.29 is 4.79 Å². The van der Waals surface area contributed by atoms with E-state index in [2.05, 4.69) is 34.6 Å². The lowest BCUT2D eigenvalue weighted by molar-refractivity contribution is 0.104. The highest BCUT2D eigenvalue weighted by molar-refractivity contribution is 5.75. The molecule has 1 fully saturated rings. The van der Waals surface area contributed by atoms with Gasteiger partial charge in [0.1, 0.15) is 0 Å². The molecule has 0 aliphatic carbocycles. The summed E-state index contributed by atoms with van der Waals surface area (Å²) in [4.78, 5) is 16.1. The number of piperidine rings is 1. The molecular formula is C14H28N2O. The van der Waals surface area contributed by atoms with Crippen LogP contribution < -0.4 is 0 Å². The lowest BCUT2D eigenvalue weighted by Crippen LogP contribution is -2.51. The van der Waals surface area contributed by atoms with E-state index in [1.807, 2.05) is 16.8 Å². The molecule has 1 aliphatic rings. The zero-order valence-corrected chi connectivity index (χ0v) is 12.3. The first-order valence-electron chi connectivity index (χ1n) is 6.76. The summed E-state index contributed by atoms with van der Waals surface area (Å²) < 4.78 is 0. The fourth-order valence-electron chi connectivity index (χ4n) is 2.26. The van der Waals surface area contributed by atoms with Crippen molar-refractivity contribution in [1.82, 2.24) is 9.80 Å². The number of urea groups is 1. The Morgan fingerprint density at radius 3 is 2.06 bits per heavy atom. The molecule has 17 heavy (non-hydrogen) atoms. The first-order chi connectivity index (χ1) is 7.73. The van der Waals surface area contributed by atoms with Crippen LogP contribution >= 0.6 is 0 Å². The molecule has 0 N–H and O–H groups in total. The van der Waals surface area contributed by atoms with Crippen LogP contribution in [0.25, 0.3) is 0 Å².